The molecule has 186 valence electrons. The highest BCUT2D eigenvalue weighted by molar-refractivity contribution is 6.06. The van der Waals surface area contributed by atoms with E-state index in [4.69, 9.17) is 5.73 Å². The molecule has 0 unspecified atom stereocenters. The zero-order chi connectivity index (χ0) is 23.8. The first-order valence-corrected chi connectivity index (χ1v) is 13.6. The quantitative estimate of drug-likeness (QED) is 0.667. The molecular formula is C28H42N4O2. The van der Waals surface area contributed by atoms with Crippen LogP contribution >= 0.6 is 0 Å². The lowest BCUT2D eigenvalue weighted by Crippen LogP contribution is -2.50. The number of amides is 2. The molecule has 34 heavy (non-hydrogen) atoms. The highest BCUT2D eigenvalue weighted by atomic mass is 16.2. The van der Waals surface area contributed by atoms with Gasteiger partial charge in [-0.3, -0.25) is 9.59 Å². The first kappa shape index (κ1) is 23.8. The third-order valence-electron chi connectivity index (χ3n) is 9.28. The number of rotatable bonds is 6. The molecule has 2 atom stereocenters. The van der Waals surface area contributed by atoms with E-state index >= 15 is 0 Å². The van der Waals surface area contributed by atoms with Crippen LogP contribution in [-0.4, -0.2) is 55.0 Å². The summed E-state index contributed by atoms with van der Waals surface area (Å²) in [6, 6.07) is 6.63. The summed E-state index contributed by atoms with van der Waals surface area (Å²) in [5.74, 6) is 1.88. The monoisotopic (exact) mass is 466 g/mol. The maximum absolute atomic E-state index is 13.8. The highest BCUT2D eigenvalue weighted by Crippen LogP contribution is 2.44. The Morgan fingerprint density at radius 2 is 1.79 bits per heavy atom. The molecule has 1 saturated carbocycles. The summed E-state index contributed by atoms with van der Waals surface area (Å²) in [5.41, 5.74) is 8.13. The lowest BCUT2D eigenvalue weighted by atomic mass is 9.79. The lowest BCUT2D eigenvalue weighted by Gasteiger charge is -2.43. The topological polar surface area (TPSA) is 78.7 Å². The van der Waals surface area contributed by atoms with Crippen LogP contribution in [0.2, 0.25) is 0 Å². The van der Waals surface area contributed by atoms with Crippen LogP contribution in [0.1, 0.15) is 87.1 Å². The lowest BCUT2D eigenvalue weighted by molar-refractivity contribution is -0.120. The van der Waals surface area contributed by atoms with Crippen LogP contribution in [0.5, 0.6) is 0 Å². The first-order chi connectivity index (χ1) is 16.4. The maximum Gasteiger partial charge on any atom is 0.248 e. The van der Waals surface area contributed by atoms with Gasteiger partial charge in [0.2, 0.25) is 11.8 Å². The maximum atomic E-state index is 13.8. The third-order valence-corrected chi connectivity index (χ3v) is 9.28. The highest BCUT2D eigenvalue weighted by Gasteiger charge is 2.43. The second-order valence-electron chi connectivity index (χ2n) is 11.6. The van der Waals surface area contributed by atoms with Crippen molar-refractivity contribution in [2.24, 2.45) is 23.5 Å². The normalized spacial score (nSPS) is 30.8. The molecule has 6 heteroatoms. The Balaban J connectivity index is 1.28. The molecule has 3 heterocycles. The number of piperidine rings is 1. The number of carbonyl (C=O) groups is 2. The largest absolute Gasteiger partial charge is 0.366 e. The minimum absolute atomic E-state index is 0.149. The number of anilines is 1. The van der Waals surface area contributed by atoms with Crippen LogP contribution < -0.4 is 16.0 Å². The number of nitrogens with two attached hydrogens (primary N) is 1. The smallest absolute Gasteiger partial charge is 0.248 e. The Morgan fingerprint density at radius 3 is 2.41 bits per heavy atom. The molecule has 0 aromatic heterocycles. The van der Waals surface area contributed by atoms with Gasteiger partial charge in [0, 0.05) is 36.4 Å². The number of hydrogen-bond acceptors (Lipinski definition) is 4. The Kier molecular flexibility index (Phi) is 6.99. The van der Waals surface area contributed by atoms with Crippen molar-refractivity contribution < 1.29 is 9.59 Å². The summed E-state index contributed by atoms with van der Waals surface area (Å²) in [6.45, 7) is 8.90. The molecule has 3 N–H and O–H groups in total. The van der Waals surface area contributed by atoms with E-state index in [1.165, 1.54) is 25.7 Å². The molecular weight excluding hydrogens is 424 g/mol. The molecule has 2 saturated heterocycles. The first-order valence-electron chi connectivity index (χ1n) is 13.6. The van der Waals surface area contributed by atoms with E-state index < -0.39 is 5.91 Å². The summed E-state index contributed by atoms with van der Waals surface area (Å²) < 4.78 is 0. The van der Waals surface area contributed by atoms with E-state index in [0.29, 0.717) is 11.5 Å². The second kappa shape index (κ2) is 9.98. The van der Waals surface area contributed by atoms with Crippen LogP contribution in [0.15, 0.2) is 18.2 Å². The van der Waals surface area contributed by atoms with E-state index in [1.54, 1.807) is 6.07 Å². The molecule has 0 radical (unpaired) electrons. The van der Waals surface area contributed by atoms with Gasteiger partial charge in [-0.25, -0.2) is 0 Å². The average molecular weight is 467 g/mol. The fraction of sp³-hybridized carbons (Fsp3) is 0.714. The van der Waals surface area contributed by atoms with Crippen LogP contribution in [0, 0.1) is 17.8 Å². The molecule has 0 spiro atoms. The molecule has 5 rings (SSSR count). The van der Waals surface area contributed by atoms with E-state index in [-0.39, 0.29) is 17.9 Å². The van der Waals surface area contributed by atoms with E-state index in [0.717, 1.165) is 81.0 Å². The molecule has 1 aliphatic carbocycles. The standard InChI is InChI=1S/C28H42N4O2/c1-18(2)20-3-6-22(7-4-20)31-13-10-23(11-14-31)32-26-8-5-21(27(29)33)16-24(26)25(28(32)34)15-19-9-12-30-17-19/h5,8,16,18-20,22-23,25,30H,3-4,6-7,9-15,17H2,1-2H3,(H2,29,33)/t19-,20?,22?,25+/m1/s1. The van der Waals surface area contributed by atoms with Gasteiger partial charge in [-0.15, -0.1) is 0 Å². The number of likely N-dealkylation sites (tertiary alicyclic amines) is 1. The van der Waals surface area contributed by atoms with Crippen molar-refractivity contribution in [1.82, 2.24) is 10.2 Å². The van der Waals surface area contributed by atoms with Gasteiger partial charge in [-0.1, -0.05) is 13.8 Å². The van der Waals surface area contributed by atoms with Crippen molar-refractivity contribution in [3.05, 3.63) is 29.3 Å². The SMILES string of the molecule is CC(C)C1CCC(N2CCC(N3C(=O)[C@@H](C[C@H]4CCNC4)c4cc(C(N)=O)ccc43)CC2)CC1. The van der Waals surface area contributed by atoms with Gasteiger partial charge in [-0.05, 0) is 106 Å². The molecule has 1 aromatic rings. The molecule has 1 aromatic carbocycles. The van der Waals surface area contributed by atoms with E-state index in [9.17, 15) is 9.59 Å². The van der Waals surface area contributed by atoms with Gasteiger partial charge >= 0.3 is 0 Å². The number of hydrogen-bond donors (Lipinski definition) is 2. The molecule has 2 amide bonds. The Hall–Kier alpha value is -1.92. The molecule has 6 nitrogen and oxygen atoms in total. The summed E-state index contributed by atoms with van der Waals surface area (Å²) >= 11 is 0. The average Bonchev–Trinajstić information content (AvgIpc) is 3.45. The minimum atomic E-state index is -0.421. The van der Waals surface area contributed by atoms with Crippen molar-refractivity contribution in [3.8, 4) is 0 Å². The van der Waals surface area contributed by atoms with Crippen LogP contribution in [0.25, 0.3) is 0 Å². The van der Waals surface area contributed by atoms with Crippen molar-refractivity contribution in [2.45, 2.75) is 83.2 Å². The minimum Gasteiger partial charge on any atom is -0.366 e. The van der Waals surface area contributed by atoms with Gasteiger partial charge in [0.1, 0.15) is 0 Å². The Morgan fingerprint density at radius 1 is 1.06 bits per heavy atom. The van der Waals surface area contributed by atoms with Crippen molar-refractivity contribution in [1.29, 1.82) is 0 Å². The van der Waals surface area contributed by atoms with Gasteiger partial charge in [0.15, 0.2) is 0 Å². The number of nitrogens with one attached hydrogen (secondary N) is 1. The molecule has 3 fully saturated rings. The second-order valence-corrected chi connectivity index (χ2v) is 11.6. The molecule has 4 aliphatic rings. The van der Waals surface area contributed by atoms with Crippen LogP contribution in [-0.2, 0) is 4.79 Å². The summed E-state index contributed by atoms with van der Waals surface area (Å²) in [6.07, 6.45) is 9.41. The zero-order valence-corrected chi connectivity index (χ0v) is 21.0. The number of benzene rings is 1. The fourth-order valence-electron chi connectivity index (χ4n) is 7.12. The van der Waals surface area contributed by atoms with Crippen molar-refractivity contribution in [2.75, 3.05) is 31.1 Å². The zero-order valence-electron chi connectivity index (χ0n) is 21.0. The van der Waals surface area contributed by atoms with Gasteiger partial charge in [0.25, 0.3) is 0 Å². The summed E-state index contributed by atoms with van der Waals surface area (Å²) in [5, 5.41) is 3.43. The molecule has 3 aliphatic heterocycles. The summed E-state index contributed by atoms with van der Waals surface area (Å²) in [4.78, 5) is 30.5. The van der Waals surface area contributed by atoms with Crippen LogP contribution in [0.4, 0.5) is 5.69 Å². The number of fused-ring (bicyclic) bond motifs is 1. The number of nitrogens with zero attached hydrogens (tertiary/aromatic N) is 2. The Labute approximate surface area is 204 Å². The van der Waals surface area contributed by atoms with Crippen molar-refractivity contribution in [3.63, 3.8) is 0 Å². The predicted molar refractivity (Wildman–Crippen MR) is 136 cm³/mol. The van der Waals surface area contributed by atoms with E-state index in [2.05, 4.69) is 29.0 Å². The van der Waals surface area contributed by atoms with Crippen LogP contribution in [0.3, 0.4) is 0 Å². The number of carbonyl (C=O) groups excluding carboxylic acids is 2. The fourth-order valence-corrected chi connectivity index (χ4v) is 7.12. The number of primary amides is 1. The van der Waals surface area contributed by atoms with Crippen molar-refractivity contribution >= 4 is 17.5 Å². The van der Waals surface area contributed by atoms with Gasteiger partial charge < -0.3 is 20.9 Å². The van der Waals surface area contributed by atoms with Gasteiger partial charge in [0.05, 0.1) is 5.92 Å². The van der Waals surface area contributed by atoms with E-state index in [1.807, 2.05) is 12.1 Å². The predicted octanol–water partition coefficient (Wildman–Crippen LogP) is 3.89. The van der Waals surface area contributed by atoms with Gasteiger partial charge in [-0.2, -0.15) is 0 Å². The third kappa shape index (κ3) is 4.64. The summed E-state index contributed by atoms with van der Waals surface area (Å²) in [7, 11) is 0. The Bertz CT molecular complexity index is 894. The molecule has 0 bridgehead atoms.